The average Bonchev–Trinajstić information content (AvgIpc) is 2.37. The summed E-state index contributed by atoms with van der Waals surface area (Å²) in [6.45, 7) is 5.34. The number of ketones is 1. The molecule has 0 radical (unpaired) electrons. The van der Waals surface area contributed by atoms with E-state index < -0.39 is 6.04 Å². The zero-order valence-corrected chi connectivity index (χ0v) is 13.6. The van der Waals surface area contributed by atoms with Crippen LogP contribution in [0.5, 0.6) is 0 Å². The third-order valence-electron chi connectivity index (χ3n) is 2.87. The molecule has 0 fully saturated rings. The minimum absolute atomic E-state index is 0.00976. The number of hydrogen-bond acceptors (Lipinski definition) is 3. The Morgan fingerprint density at radius 3 is 2.50 bits per heavy atom. The van der Waals surface area contributed by atoms with E-state index >= 15 is 0 Å². The maximum Gasteiger partial charge on any atom is 0.230 e. The molecule has 0 aromatic heterocycles. The lowest BCUT2D eigenvalue weighted by molar-refractivity contribution is -0.126. The molecule has 0 aliphatic heterocycles. The summed E-state index contributed by atoms with van der Waals surface area (Å²) in [5.74, 6) is 0.978. The van der Waals surface area contributed by atoms with E-state index in [1.807, 2.05) is 38.1 Å². The molecule has 0 spiro atoms. The van der Waals surface area contributed by atoms with Crippen molar-refractivity contribution in [1.29, 1.82) is 0 Å². The van der Waals surface area contributed by atoms with Crippen LogP contribution < -0.4 is 5.32 Å². The number of Topliss-reactive ketones (excluding diaryl/α,β-unsaturated/α-hetero) is 1. The zero-order chi connectivity index (χ0) is 15.1. The first kappa shape index (κ1) is 17.1. The standard InChI is InChI=1S/C15H20ClNO2S/c1-10(2)15(11(3)18)17-14(19)9-20-8-12-6-4-5-7-13(12)16/h4-7,10,15H,8-9H2,1-3H3,(H,17,19). The molecular weight excluding hydrogens is 294 g/mol. The van der Waals surface area contributed by atoms with Gasteiger partial charge in [0.05, 0.1) is 11.8 Å². The second kappa shape index (κ2) is 8.32. The Bertz CT molecular complexity index is 477. The van der Waals surface area contributed by atoms with Crippen LogP contribution in [0, 0.1) is 5.92 Å². The zero-order valence-electron chi connectivity index (χ0n) is 12.0. The Hall–Kier alpha value is -1.00. The van der Waals surface area contributed by atoms with Gasteiger partial charge in [-0.15, -0.1) is 11.8 Å². The molecule has 1 unspecified atom stereocenters. The molecule has 0 heterocycles. The fraction of sp³-hybridized carbons (Fsp3) is 0.467. The van der Waals surface area contributed by atoms with Gasteiger partial charge in [-0.05, 0) is 24.5 Å². The molecule has 5 heteroatoms. The molecular formula is C15H20ClNO2S. The van der Waals surface area contributed by atoms with Crippen LogP contribution in [-0.2, 0) is 15.3 Å². The summed E-state index contributed by atoms with van der Waals surface area (Å²) in [6, 6.07) is 7.18. The highest BCUT2D eigenvalue weighted by Gasteiger charge is 2.20. The van der Waals surface area contributed by atoms with E-state index in [2.05, 4.69) is 5.32 Å². The Kier molecular flexibility index (Phi) is 7.10. The lowest BCUT2D eigenvalue weighted by Crippen LogP contribution is -2.44. The smallest absolute Gasteiger partial charge is 0.230 e. The van der Waals surface area contributed by atoms with Crippen LogP contribution in [0.4, 0.5) is 0 Å². The number of carbonyl (C=O) groups is 2. The molecule has 0 saturated carbocycles. The Morgan fingerprint density at radius 1 is 1.30 bits per heavy atom. The van der Waals surface area contributed by atoms with Gasteiger partial charge in [0.25, 0.3) is 0 Å². The van der Waals surface area contributed by atoms with Gasteiger partial charge in [-0.1, -0.05) is 43.6 Å². The van der Waals surface area contributed by atoms with Crippen molar-refractivity contribution in [2.24, 2.45) is 5.92 Å². The minimum Gasteiger partial charge on any atom is -0.345 e. The van der Waals surface area contributed by atoms with Crippen LogP contribution in [-0.4, -0.2) is 23.5 Å². The van der Waals surface area contributed by atoms with Gasteiger partial charge in [0, 0.05) is 10.8 Å². The largest absolute Gasteiger partial charge is 0.345 e. The highest BCUT2D eigenvalue weighted by atomic mass is 35.5. The maximum absolute atomic E-state index is 11.8. The molecule has 1 amide bonds. The maximum atomic E-state index is 11.8. The van der Waals surface area contributed by atoms with Gasteiger partial charge in [0.2, 0.25) is 5.91 Å². The summed E-state index contributed by atoms with van der Waals surface area (Å²) in [6.07, 6.45) is 0. The number of rotatable bonds is 7. The molecule has 1 aromatic carbocycles. The van der Waals surface area contributed by atoms with Crippen molar-refractivity contribution in [2.45, 2.75) is 32.6 Å². The molecule has 1 atom stereocenters. The van der Waals surface area contributed by atoms with Gasteiger partial charge >= 0.3 is 0 Å². The highest BCUT2D eigenvalue weighted by Crippen LogP contribution is 2.20. The van der Waals surface area contributed by atoms with Crippen molar-refractivity contribution in [3.05, 3.63) is 34.9 Å². The number of halogens is 1. The van der Waals surface area contributed by atoms with E-state index in [9.17, 15) is 9.59 Å². The third kappa shape index (κ3) is 5.55. The van der Waals surface area contributed by atoms with Crippen molar-refractivity contribution >= 4 is 35.1 Å². The van der Waals surface area contributed by atoms with Gasteiger partial charge < -0.3 is 5.32 Å². The summed E-state index contributed by atoms with van der Waals surface area (Å²) in [5.41, 5.74) is 1.01. The van der Waals surface area contributed by atoms with Gasteiger partial charge in [-0.2, -0.15) is 0 Å². The highest BCUT2D eigenvalue weighted by molar-refractivity contribution is 7.99. The van der Waals surface area contributed by atoms with E-state index in [1.54, 1.807) is 0 Å². The van der Waals surface area contributed by atoms with Crippen LogP contribution in [0.3, 0.4) is 0 Å². The van der Waals surface area contributed by atoms with Gasteiger partial charge in [0.1, 0.15) is 0 Å². The van der Waals surface area contributed by atoms with Crippen molar-refractivity contribution in [3.63, 3.8) is 0 Å². The Balaban J connectivity index is 2.40. The quantitative estimate of drug-likeness (QED) is 0.840. The van der Waals surface area contributed by atoms with Gasteiger partial charge in [0.15, 0.2) is 5.78 Å². The molecule has 0 aliphatic rings. The van der Waals surface area contributed by atoms with E-state index in [1.165, 1.54) is 18.7 Å². The molecule has 110 valence electrons. The minimum atomic E-state index is -0.400. The predicted octanol–water partition coefficient (Wildman–Crippen LogP) is 3.30. The predicted molar refractivity (Wildman–Crippen MR) is 85.1 cm³/mol. The number of hydrogen-bond donors (Lipinski definition) is 1. The molecule has 0 aliphatic carbocycles. The van der Waals surface area contributed by atoms with Crippen molar-refractivity contribution < 1.29 is 9.59 Å². The van der Waals surface area contributed by atoms with Crippen LogP contribution in [0.1, 0.15) is 26.3 Å². The van der Waals surface area contributed by atoms with Crippen LogP contribution in [0.25, 0.3) is 0 Å². The summed E-state index contributed by atoms with van der Waals surface area (Å²) in [5, 5.41) is 3.49. The summed E-state index contributed by atoms with van der Waals surface area (Å²) < 4.78 is 0. The van der Waals surface area contributed by atoms with Crippen molar-refractivity contribution in [1.82, 2.24) is 5.32 Å². The normalized spacial score (nSPS) is 12.2. The van der Waals surface area contributed by atoms with Crippen molar-refractivity contribution in [2.75, 3.05) is 5.75 Å². The first-order valence-electron chi connectivity index (χ1n) is 6.52. The Labute approximate surface area is 129 Å². The average molecular weight is 314 g/mol. The monoisotopic (exact) mass is 313 g/mol. The SMILES string of the molecule is CC(=O)C(NC(=O)CSCc1ccccc1Cl)C(C)C. The summed E-state index contributed by atoms with van der Waals surface area (Å²) in [7, 11) is 0. The second-order valence-corrected chi connectivity index (χ2v) is 6.38. The van der Waals surface area contributed by atoms with E-state index in [0.717, 1.165) is 5.56 Å². The molecule has 1 aromatic rings. The first-order valence-corrected chi connectivity index (χ1v) is 8.06. The lowest BCUT2D eigenvalue weighted by Gasteiger charge is -2.19. The number of benzene rings is 1. The van der Waals surface area contributed by atoms with E-state index in [-0.39, 0.29) is 17.6 Å². The topological polar surface area (TPSA) is 46.2 Å². The number of thioether (sulfide) groups is 1. The number of carbonyl (C=O) groups excluding carboxylic acids is 2. The first-order chi connectivity index (χ1) is 9.41. The molecule has 3 nitrogen and oxygen atoms in total. The van der Waals surface area contributed by atoms with Crippen LogP contribution in [0.2, 0.25) is 5.02 Å². The number of nitrogens with one attached hydrogen (secondary N) is 1. The second-order valence-electron chi connectivity index (χ2n) is 4.98. The molecule has 1 N–H and O–H groups in total. The summed E-state index contributed by atoms with van der Waals surface area (Å²) in [4.78, 5) is 23.2. The molecule has 0 saturated heterocycles. The third-order valence-corrected chi connectivity index (χ3v) is 4.22. The van der Waals surface area contributed by atoms with Gasteiger partial charge in [-0.25, -0.2) is 0 Å². The fourth-order valence-electron chi connectivity index (χ4n) is 1.82. The molecule has 20 heavy (non-hydrogen) atoms. The van der Waals surface area contributed by atoms with Crippen LogP contribution >= 0.6 is 23.4 Å². The van der Waals surface area contributed by atoms with Crippen LogP contribution in [0.15, 0.2) is 24.3 Å². The van der Waals surface area contributed by atoms with E-state index in [4.69, 9.17) is 11.6 Å². The van der Waals surface area contributed by atoms with E-state index in [0.29, 0.717) is 16.5 Å². The Morgan fingerprint density at radius 2 is 1.95 bits per heavy atom. The number of amides is 1. The van der Waals surface area contributed by atoms with Gasteiger partial charge in [-0.3, -0.25) is 9.59 Å². The molecule has 0 bridgehead atoms. The molecule has 1 rings (SSSR count). The van der Waals surface area contributed by atoms with Crippen molar-refractivity contribution in [3.8, 4) is 0 Å². The lowest BCUT2D eigenvalue weighted by atomic mass is 10.0. The summed E-state index contributed by atoms with van der Waals surface area (Å²) >= 11 is 7.53. The fourth-order valence-corrected chi connectivity index (χ4v) is 2.95.